The van der Waals surface area contributed by atoms with E-state index in [0.717, 1.165) is 5.56 Å². The maximum Gasteiger partial charge on any atom is 0.273 e. The highest BCUT2D eigenvalue weighted by Gasteiger charge is 2.15. The summed E-state index contributed by atoms with van der Waals surface area (Å²) >= 11 is 0. The molecule has 0 atom stereocenters. The Bertz CT molecular complexity index is 819. The number of nitro groups is 1. The number of carbonyl (C=O) groups is 2. The van der Waals surface area contributed by atoms with Crippen molar-refractivity contribution >= 4 is 23.7 Å². The largest absolute Gasteiger partial charge is 0.343 e. The van der Waals surface area contributed by atoms with Crippen molar-refractivity contribution in [3.63, 3.8) is 0 Å². The van der Waals surface area contributed by atoms with Crippen molar-refractivity contribution in [3.05, 3.63) is 75.3 Å². The third kappa shape index (κ3) is 5.24. The van der Waals surface area contributed by atoms with Crippen LogP contribution >= 0.6 is 0 Å². The van der Waals surface area contributed by atoms with Crippen molar-refractivity contribution in [1.29, 1.82) is 0 Å². The molecule has 2 rings (SSSR count). The molecule has 0 saturated carbocycles. The van der Waals surface area contributed by atoms with Crippen LogP contribution in [0.2, 0.25) is 0 Å². The van der Waals surface area contributed by atoms with Gasteiger partial charge in [-0.05, 0) is 18.6 Å². The molecule has 2 N–H and O–H groups in total. The fourth-order valence-corrected chi connectivity index (χ4v) is 1.97. The second-order valence-electron chi connectivity index (χ2n) is 5.14. The number of benzene rings is 2. The number of rotatable bonds is 6. The fourth-order valence-electron chi connectivity index (χ4n) is 1.97. The minimum absolute atomic E-state index is 0.109. The van der Waals surface area contributed by atoms with Crippen molar-refractivity contribution in [1.82, 2.24) is 10.7 Å². The molecule has 0 aromatic heterocycles. The lowest BCUT2D eigenvalue weighted by atomic mass is 10.1. The summed E-state index contributed by atoms with van der Waals surface area (Å²) in [4.78, 5) is 34.0. The number of hydrazone groups is 1. The standard InChI is InChI=1S/C17H16N4O4/c1-12-7-8-14(9-15(12)21(24)25)17(23)18-11-16(22)20-19-10-13-5-3-2-4-6-13/h2-10H,11H2,1H3,(H,18,23)(H,20,22)/b19-10-. The molecule has 25 heavy (non-hydrogen) atoms. The van der Waals surface area contributed by atoms with Crippen LogP contribution < -0.4 is 10.7 Å². The highest BCUT2D eigenvalue weighted by molar-refractivity contribution is 5.97. The maximum absolute atomic E-state index is 12.0. The minimum atomic E-state index is -0.578. The Labute approximate surface area is 143 Å². The van der Waals surface area contributed by atoms with Crippen LogP contribution in [-0.2, 0) is 4.79 Å². The predicted molar refractivity (Wildman–Crippen MR) is 92.3 cm³/mol. The Morgan fingerprint density at radius 1 is 1.20 bits per heavy atom. The van der Waals surface area contributed by atoms with Gasteiger partial charge in [0, 0.05) is 17.2 Å². The van der Waals surface area contributed by atoms with Crippen molar-refractivity contribution in [2.24, 2.45) is 5.10 Å². The summed E-state index contributed by atoms with van der Waals surface area (Å²) in [5, 5.41) is 17.1. The zero-order valence-electron chi connectivity index (χ0n) is 13.4. The molecule has 8 nitrogen and oxygen atoms in total. The van der Waals surface area contributed by atoms with Crippen LogP contribution in [0, 0.1) is 17.0 Å². The minimum Gasteiger partial charge on any atom is -0.343 e. The molecule has 0 fully saturated rings. The number of nitro benzene ring substituents is 1. The molecule has 0 aliphatic heterocycles. The topological polar surface area (TPSA) is 114 Å². The Morgan fingerprint density at radius 2 is 1.92 bits per heavy atom. The van der Waals surface area contributed by atoms with E-state index in [1.54, 1.807) is 6.92 Å². The van der Waals surface area contributed by atoms with Crippen molar-refractivity contribution in [3.8, 4) is 0 Å². The molecule has 0 saturated heterocycles. The quantitative estimate of drug-likeness (QED) is 0.474. The molecule has 0 radical (unpaired) electrons. The van der Waals surface area contributed by atoms with Crippen LogP contribution in [0.4, 0.5) is 5.69 Å². The molecular weight excluding hydrogens is 324 g/mol. The number of nitrogens with zero attached hydrogens (tertiary/aromatic N) is 2. The third-order valence-electron chi connectivity index (χ3n) is 3.28. The summed E-state index contributed by atoms with van der Waals surface area (Å²) in [7, 11) is 0. The maximum atomic E-state index is 12.0. The molecule has 0 spiro atoms. The van der Waals surface area contributed by atoms with Crippen LogP contribution in [0.25, 0.3) is 0 Å². The van der Waals surface area contributed by atoms with E-state index >= 15 is 0 Å². The Hall–Kier alpha value is -3.55. The predicted octanol–water partition coefficient (Wildman–Crippen LogP) is 1.78. The van der Waals surface area contributed by atoms with Gasteiger partial charge in [0.15, 0.2) is 0 Å². The molecule has 0 aliphatic rings. The molecule has 2 aromatic rings. The van der Waals surface area contributed by atoms with Crippen molar-refractivity contribution < 1.29 is 14.5 Å². The van der Waals surface area contributed by atoms with E-state index in [-0.39, 0.29) is 17.8 Å². The number of nitrogens with one attached hydrogen (secondary N) is 2. The van der Waals surface area contributed by atoms with E-state index in [1.807, 2.05) is 30.3 Å². The third-order valence-corrected chi connectivity index (χ3v) is 3.28. The van der Waals surface area contributed by atoms with Crippen molar-refractivity contribution in [2.75, 3.05) is 6.54 Å². The van der Waals surface area contributed by atoms with Crippen LogP contribution in [-0.4, -0.2) is 29.5 Å². The average molecular weight is 340 g/mol. The first-order valence-corrected chi connectivity index (χ1v) is 7.37. The summed E-state index contributed by atoms with van der Waals surface area (Å²) in [6, 6.07) is 13.3. The van der Waals surface area contributed by atoms with E-state index in [0.29, 0.717) is 5.56 Å². The lowest BCUT2D eigenvalue weighted by Crippen LogP contribution is -2.34. The van der Waals surface area contributed by atoms with Crippen LogP contribution in [0.1, 0.15) is 21.5 Å². The number of carbonyl (C=O) groups excluding carboxylic acids is 2. The number of aryl methyl sites for hydroxylation is 1. The average Bonchev–Trinajstić information content (AvgIpc) is 2.60. The molecule has 0 aliphatic carbocycles. The Kier molecular flexibility index (Phi) is 5.94. The van der Waals surface area contributed by atoms with Crippen LogP contribution in [0.15, 0.2) is 53.6 Å². The van der Waals surface area contributed by atoms with Crippen LogP contribution in [0.5, 0.6) is 0 Å². The molecule has 2 amide bonds. The van der Waals surface area contributed by atoms with Gasteiger partial charge in [-0.15, -0.1) is 0 Å². The molecular formula is C17H16N4O4. The summed E-state index contributed by atoms with van der Waals surface area (Å²) in [5.74, 6) is -1.09. The zero-order chi connectivity index (χ0) is 18.2. The van der Waals surface area contributed by atoms with Gasteiger partial charge in [0.25, 0.3) is 17.5 Å². The molecule has 0 heterocycles. The number of hydrogen-bond acceptors (Lipinski definition) is 5. The first kappa shape index (κ1) is 17.8. The lowest BCUT2D eigenvalue weighted by Gasteiger charge is -2.05. The van der Waals surface area contributed by atoms with Gasteiger partial charge >= 0.3 is 0 Å². The molecule has 128 valence electrons. The van der Waals surface area contributed by atoms with Gasteiger partial charge in [-0.3, -0.25) is 19.7 Å². The zero-order valence-corrected chi connectivity index (χ0v) is 13.4. The summed E-state index contributed by atoms with van der Waals surface area (Å²) in [6.07, 6.45) is 1.48. The van der Waals surface area contributed by atoms with Gasteiger partial charge in [-0.25, -0.2) is 5.43 Å². The van der Waals surface area contributed by atoms with Gasteiger partial charge in [0.2, 0.25) is 0 Å². The van der Waals surface area contributed by atoms with Gasteiger partial charge in [0.1, 0.15) is 0 Å². The molecule has 0 unspecified atom stereocenters. The van der Waals surface area contributed by atoms with Gasteiger partial charge in [-0.1, -0.05) is 36.4 Å². The second-order valence-corrected chi connectivity index (χ2v) is 5.14. The van der Waals surface area contributed by atoms with E-state index in [9.17, 15) is 19.7 Å². The number of amides is 2. The first-order chi connectivity index (χ1) is 12.0. The van der Waals surface area contributed by atoms with Crippen LogP contribution in [0.3, 0.4) is 0 Å². The highest BCUT2D eigenvalue weighted by atomic mass is 16.6. The normalized spacial score (nSPS) is 10.4. The van der Waals surface area contributed by atoms with Gasteiger partial charge in [-0.2, -0.15) is 5.10 Å². The van der Waals surface area contributed by atoms with E-state index < -0.39 is 16.7 Å². The summed E-state index contributed by atoms with van der Waals surface area (Å²) < 4.78 is 0. The smallest absolute Gasteiger partial charge is 0.273 e. The molecule has 0 bridgehead atoms. The number of hydrogen-bond donors (Lipinski definition) is 2. The fraction of sp³-hybridized carbons (Fsp3) is 0.118. The van der Waals surface area contributed by atoms with E-state index in [4.69, 9.17) is 0 Å². The lowest BCUT2D eigenvalue weighted by molar-refractivity contribution is -0.385. The Morgan fingerprint density at radius 3 is 2.60 bits per heavy atom. The van der Waals surface area contributed by atoms with E-state index in [1.165, 1.54) is 24.4 Å². The highest BCUT2D eigenvalue weighted by Crippen LogP contribution is 2.19. The molecule has 2 aromatic carbocycles. The van der Waals surface area contributed by atoms with Crippen molar-refractivity contribution in [2.45, 2.75) is 6.92 Å². The monoisotopic (exact) mass is 340 g/mol. The van der Waals surface area contributed by atoms with E-state index in [2.05, 4.69) is 15.8 Å². The Balaban J connectivity index is 1.87. The SMILES string of the molecule is Cc1ccc(C(=O)NCC(=O)N/N=C\c2ccccc2)cc1[N+](=O)[O-]. The van der Waals surface area contributed by atoms with Gasteiger partial charge in [0.05, 0.1) is 17.7 Å². The van der Waals surface area contributed by atoms with Gasteiger partial charge < -0.3 is 5.32 Å². The second kappa shape index (κ2) is 8.34. The first-order valence-electron chi connectivity index (χ1n) is 7.37. The summed E-state index contributed by atoms with van der Waals surface area (Å²) in [5.41, 5.74) is 3.52. The summed E-state index contributed by atoms with van der Waals surface area (Å²) in [6.45, 7) is 1.28. The molecule has 8 heteroatoms.